The number of hydrogen-bond acceptors (Lipinski definition) is 1. The summed E-state index contributed by atoms with van der Waals surface area (Å²) in [5.41, 5.74) is 0.377. The van der Waals surface area contributed by atoms with Crippen LogP contribution in [0.5, 0.6) is 0 Å². The van der Waals surface area contributed by atoms with Crippen molar-refractivity contribution in [2.75, 3.05) is 0 Å². The lowest BCUT2D eigenvalue weighted by Gasteiger charge is -2.08. The van der Waals surface area contributed by atoms with Crippen molar-refractivity contribution in [3.8, 4) is 0 Å². The lowest BCUT2D eigenvalue weighted by molar-refractivity contribution is 0.112. The van der Waals surface area contributed by atoms with Gasteiger partial charge < -0.3 is 0 Å². The molecule has 4 heteroatoms. The Kier molecular flexibility index (Phi) is 2.87. The van der Waals surface area contributed by atoms with E-state index in [9.17, 15) is 4.79 Å². The van der Waals surface area contributed by atoms with Crippen LogP contribution in [0.3, 0.4) is 0 Å². The van der Waals surface area contributed by atoms with E-state index in [4.69, 9.17) is 34.8 Å². The van der Waals surface area contributed by atoms with Crippen LogP contribution in [0, 0.1) is 0 Å². The van der Waals surface area contributed by atoms with Gasteiger partial charge in [0, 0.05) is 10.9 Å². The van der Waals surface area contributed by atoms with Crippen LogP contribution in [0.4, 0.5) is 0 Å². The number of carbonyl (C=O) groups excluding carboxylic acids is 1. The predicted octanol–water partition coefficient (Wildman–Crippen LogP) is 4.61. The third kappa shape index (κ3) is 1.61. The predicted molar refractivity (Wildman–Crippen MR) is 64.4 cm³/mol. The highest BCUT2D eigenvalue weighted by atomic mass is 35.5. The third-order valence-corrected chi connectivity index (χ3v) is 3.55. The number of halogens is 3. The Morgan fingerprint density at radius 1 is 0.867 bits per heavy atom. The smallest absolute Gasteiger partial charge is 0.152 e. The van der Waals surface area contributed by atoms with Gasteiger partial charge >= 0.3 is 0 Å². The van der Waals surface area contributed by atoms with Gasteiger partial charge in [0.2, 0.25) is 0 Å². The molecule has 0 saturated carbocycles. The van der Waals surface area contributed by atoms with E-state index in [1.807, 2.05) is 12.1 Å². The first kappa shape index (κ1) is 10.7. The molecule has 76 valence electrons. The Bertz CT molecular complexity index is 549. The third-order valence-electron chi connectivity index (χ3n) is 2.19. The minimum absolute atomic E-state index is 0.204. The maximum absolute atomic E-state index is 10.9. The Labute approximate surface area is 102 Å². The molecular formula is C11H5Cl3O. The number of aldehydes is 1. The molecule has 0 spiro atoms. The molecule has 0 amide bonds. The molecule has 0 bridgehead atoms. The van der Waals surface area contributed by atoms with Crippen molar-refractivity contribution in [3.63, 3.8) is 0 Å². The standard InChI is InChI=1S/C11H5Cl3O/c12-9-7-4-2-1-3-6(7)8(5-15)10(13)11(9)14/h1-5H. The molecule has 1 nitrogen and oxygen atoms in total. The van der Waals surface area contributed by atoms with Crippen LogP contribution in [0.2, 0.25) is 15.1 Å². The van der Waals surface area contributed by atoms with E-state index in [2.05, 4.69) is 0 Å². The van der Waals surface area contributed by atoms with Gasteiger partial charge in [-0.2, -0.15) is 0 Å². The molecule has 2 rings (SSSR count). The maximum atomic E-state index is 10.9. The van der Waals surface area contributed by atoms with E-state index in [-0.39, 0.29) is 10.0 Å². The summed E-state index contributed by atoms with van der Waals surface area (Å²) < 4.78 is 0. The molecule has 0 aliphatic carbocycles. The quantitative estimate of drug-likeness (QED) is 0.540. The highest BCUT2D eigenvalue weighted by Crippen LogP contribution is 2.39. The highest BCUT2D eigenvalue weighted by Gasteiger charge is 2.14. The van der Waals surface area contributed by atoms with Gasteiger partial charge in [0.25, 0.3) is 0 Å². The Morgan fingerprint density at radius 3 is 2.07 bits per heavy atom. The van der Waals surface area contributed by atoms with Crippen molar-refractivity contribution in [3.05, 3.63) is 44.9 Å². The molecule has 0 aliphatic rings. The minimum atomic E-state index is 0.204. The summed E-state index contributed by atoms with van der Waals surface area (Å²) >= 11 is 17.9. The maximum Gasteiger partial charge on any atom is 0.152 e. The number of carbonyl (C=O) groups is 1. The fourth-order valence-electron chi connectivity index (χ4n) is 1.48. The van der Waals surface area contributed by atoms with Crippen molar-refractivity contribution in [2.45, 2.75) is 0 Å². The average molecular weight is 260 g/mol. The van der Waals surface area contributed by atoms with Crippen LogP contribution in [0.1, 0.15) is 10.4 Å². The molecule has 0 fully saturated rings. The molecule has 0 unspecified atom stereocenters. The summed E-state index contributed by atoms with van der Waals surface area (Å²) in [5.74, 6) is 0. The largest absolute Gasteiger partial charge is 0.298 e. The SMILES string of the molecule is O=Cc1c(Cl)c(Cl)c(Cl)c2ccccc12. The lowest BCUT2D eigenvalue weighted by atomic mass is 10.1. The summed E-state index contributed by atoms with van der Waals surface area (Å²) in [4.78, 5) is 10.9. The molecule has 0 aliphatic heterocycles. The number of rotatable bonds is 1. The fourth-order valence-corrected chi connectivity index (χ4v) is 2.23. The van der Waals surface area contributed by atoms with Crippen LogP contribution in [-0.4, -0.2) is 6.29 Å². The first-order valence-electron chi connectivity index (χ1n) is 4.17. The zero-order valence-electron chi connectivity index (χ0n) is 7.43. The molecular weight excluding hydrogens is 254 g/mol. The first-order chi connectivity index (χ1) is 7.16. The van der Waals surface area contributed by atoms with Gasteiger partial charge in [-0.15, -0.1) is 0 Å². The van der Waals surface area contributed by atoms with Crippen molar-refractivity contribution in [2.24, 2.45) is 0 Å². The van der Waals surface area contributed by atoms with Crippen molar-refractivity contribution >= 4 is 51.9 Å². The van der Waals surface area contributed by atoms with E-state index in [1.54, 1.807) is 12.1 Å². The number of hydrogen-bond donors (Lipinski definition) is 0. The van der Waals surface area contributed by atoms with E-state index in [0.717, 1.165) is 5.39 Å². The van der Waals surface area contributed by atoms with Crippen LogP contribution in [-0.2, 0) is 0 Å². The monoisotopic (exact) mass is 258 g/mol. The van der Waals surface area contributed by atoms with Gasteiger partial charge in [0.15, 0.2) is 6.29 Å². The van der Waals surface area contributed by atoms with Gasteiger partial charge in [-0.25, -0.2) is 0 Å². The average Bonchev–Trinajstić information content (AvgIpc) is 2.27. The van der Waals surface area contributed by atoms with Gasteiger partial charge in [0.05, 0.1) is 15.1 Å². The Balaban J connectivity index is 3.04. The van der Waals surface area contributed by atoms with E-state index in [1.165, 1.54) is 0 Å². The summed E-state index contributed by atoms with van der Waals surface area (Å²) in [6, 6.07) is 7.23. The van der Waals surface area contributed by atoms with Crippen molar-refractivity contribution in [1.82, 2.24) is 0 Å². The Morgan fingerprint density at radius 2 is 1.47 bits per heavy atom. The molecule has 0 atom stereocenters. The number of fused-ring (bicyclic) bond motifs is 1. The molecule has 2 aromatic carbocycles. The van der Waals surface area contributed by atoms with Crippen LogP contribution in [0.25, 0.3) is 10.8 Å². The topological polar surface area (TPSA) is 17.1 Å². The zero-order valence-corrected chi connectivity index (χ0v) is 9.70. The minimum Gasteiger partial charge on any atom is -0.298 e. The van der Waals surface area contributed by atoms with Crippen molar-refractivity contribution in [1.29, 1.82) is 0 Å². The molecule has 0 N–H and O–H groups in total. The normalized spacial score (nSPS) is 10.6. The molecule has 15 heavy (non-hydrogen) atoms. The second kappa shape index (κ2) is 4.01. The van der Waals surface area contributed by atoms with E-state index >= 15 is 0 Å². The zero-order chi connectivity index (χ0) is 11.0. The van der Waals surface area contributed by atoms with Crippen LogP contribution < -0.4 is 0 Å². The highest BCUT2D eigenvalue weighted by molar-refractivity contribution is 6.51. The van der Waals surface area contributed by atoms with Gasteiger partial charge in [-0.05, 0) is 5.39 Å². The lowest BCUT2D eigenvalue weighted by Crippen LogP contribution is -1.88. The van der Waals surface area contributed by atoms with Gasteiger partial charge in [-0.3, -0.25) is 4.79 Å². The van der Waals surface area contributed by atoms with Gasteiger partial charge in [-0.1, -0.05) is 59.1 Å². The fraction of sp³-hybridized carbons (Fsp3) is 0. The first-order valence-corrected chi connectivity index (χ1v) is 5.30. The summed E-state index contributed by atoms with van der Waals surface area (Å²) in [7, 11) is 0. The van der Waals surface area contributed by atoms with E-state index in [0.29, 0.717) is 22.3 Å². The van der Waals surface area contributed by atoms with Crippen molar-refractivity contribution < 1.29 is 4.79 Å². The molecule has 0 radical (unpaired) electrons. The van der Waals surface area contributed by atoms with E-state index < -0.39 is 0 Å². The Hall–Kier alpha value is -0.760. The molecule has 0 aromatic heterocycles. The summed E-state index contributed by atoms with van der Waals surface area (Å²) in [6.45, 7) is 0. The molecule has 0 saturated heterocycles. The second-order valence-corrected chi connectivity index (χ2v) is 4.15. The van der Waals surface area contributed by atoms with Gasteiger partial charge in [0.1, 0.15) is 0 Å². The van der Waals surface area contributed by atoms with Crippen LogP contribution in [0.15, 0.2) is 24.3 Å². The molecule has 2 aromatic rings. The second-order valence-electron chi connectivity index (χ2n) is 3.02. The summed E-state index contributed by atoms with van der Waals surface area (Å²) in [6.07, 6.45) is 0.687. The molecule has 0 heterocycles. The summed E-state index contributed by atoms with van der Waals surface area (Å²) in [5, 5.41) is 2.25. The van der Waals surface area contributed by atoms with Crippen LogP contribution >= 0.6 is 34.8 Å². The number of benzene rings is 2.